The Bertz CT molecular complexity index is 1620. The number of amides is 3. The Morgan fingerprint density at radius 2 is 1.93 bits per heavy atom. The Morgan fingerprint density at radius 3 is 2.64 bits per heavy atom. The van der Waals surface area contributed by atoms with Crippen LogP contribution < -0.4 is 5.32 Å². The van der Waals surface area contributed by atoms with Gasteiger partial charge in [-0.3, -0.25) is 19.8 Å². The maximum atomic E-state index is 14.4. The Morgan fingerprint density at radius 1 is 1.16 bits per heavy atom. The van der Waals surface area contributed by atoms with Crippen molar-refractivity contribution in [2.45, 2.75) is 58.7 Å². The molecule has 0 aliphatic carbocycles. The fourth-order valence-corrected chi connectivity index (χ4v) is 6.07. The second-order valence-electron chi connectivity index (χ2n) is 12.2. The van der Waals surface area contributed by atoms with Crippen LogP contribution in [-0.2, 0) is 16.1 Å². The van der Waals surface area contributed by atoms with Gasteiger partial charge in [-0.05, 0) is 75.5 Å². The van der Waals surface area contributed by atoms with Gasteiger partial charge in [0.15, 0.2) is 5.13 Å². The summed E-state index contributed by atoms with van der Waals surface area (Å²) in [6.45, 7) is 11.3. The van der Waals surface area contributed by atoms with Crippen molar-refractivity contribution in [2.24, 2.45) is 0 Å². The molecule has 3 amide bonds. The summed E-state index contributed by atoms with van der Waals surface area (Å²) < 4.78 is 19.9. The molecule has 2 aromatic carbocycles. The first-order chi connectivity index (χ1) is 21.5. The number of aryl methyl sites for hydroxylation is 1. The topological polar surface area (TPSA) is 95.1 Å². The Labute approximate surface area is 267 Å². The fourth-order valence-electron chi connectivity index (χ4n) is 5.54. The highest BCUT2D eigenvalue weighted by molar-refractivity contribution is 7.13. The van der Waals surface area contributed by atoms with E-state index >= 15 is 0 Å². The van der Waals surface area contributed by atoms with Gasteiger partial charge in [0.2, 0.25) is 0 Å². The summed E-state index contributed by atoms with van der Waals surface area (Å²) in [5.41, 5.74) is 2.48. The average molecular weight is 632 g/mol. The van der Waals surface area contributed by atoms with Crippen LogP contribution in [0.3, 0.4) is 0 Å². The fraction of sp³-hybridized carbons (Fsp3) is 0.412. The van der Waals surface area contributed by atoms with E-state index in [0.717, 1.165) is 31.6 Å². The van der Waals surface area contributed by atoms with Gasteiger partial charge in [-0.2, -0.15) is 0 Å². The minimum atomic E-state index is -1.05. The van der Waals surface area contributed by atoms with Gasteiger partial charge in [0.1, 0.15) is 17.5 Å². The van der Waals surface area contributed by atoms with Gasteiger partial charge in [0.05, 0.1) is 5.56 Å². The SMILES string of the molecule is Cc1ccc(F)cc1C(C(=O)Nc1nccs1)N1Cc2cccc(C#CCCCN3CCN(C(=O)OC(C)(C)C)CC3)c2C1=O. The third-order valence-electron chi connectivity index (χ3n) is 7.75. The minimum Gasteiger partial charge on any atom is -0.444 e. The molecular formula is C34H38FN5O4S. The summed E-state index contributed by atoms with van der Waals surface area (Å²) in [7, 11) is 0. The molecular weight excluding hydrogens is 593 g/mol. The first-order valence-electron chi connectivity index (χ1n) is 15.1. The second-order valence-corrected chi connectivity index (χ2v) is 13.1. The van der Waals surface area contributed by atoms with E-state index in [4.69, 9.17) is 4.74 Å². The third-order valence-corrected chi connectivity index (χ3v) is 8.44. The van der Waals surface area contributed by atoms with Crippen LogP contribution in [-0.4, -0.2) is 75.9 Å². The summed E-state index contributed by atoms with van der Waals surface area (Å²) in [5, 5.41) is 4.94. The number of carbonyl (C=O) groups is 3. The van der Waals surface area contributed by atoms with Gasteiger partial charge in [-0.25, -0.2) is 14.2 Å². The zero-order valence-electron chi connectivity index (χ0n) is 26.1. The molecule has 1 fully saturated rings. The Balaban J connectivity index is 1.23. The monoisotopic (exact) mass is 631 g/mol. The summed E-state index contributed by atoms with van der Waals surface area (Å²) in [5.74, 6) is 5.15. The first kappa shape index (κ1) is 32.1. The number of aromatic nitrogens is 1. The maximum Gasteiger partial charge on any atom is 0.410 e. The molecule has 1 N–H and O–H groups in total. The van der Waals surface area contributed by atoms with E-state index in [1.165, 1.54) is 28.4 Å². The van der Waals surface area contributed by atoms with Crippen molar-refractivity contribution in [3.63, 3.8) is 0 Å². The van der Waals surface area contributed by atoms with Crippen LogP contribution in [0.4, 0.5) is 14.3 Å². The van der Waals surface area contributed by atoms with Gasteiger partial charge in [0.25, 0.3) is 11.8 Å². The highest BCUT2D eigenvalue weighted by Gasteiger charge is 2.39. The number of rotatable bonds is 7. The zero-order chi connectivity index (χ0) is 32.1. The zero-order valence-corrected chi connectivity index (χ0v) is 26.9. The predicted octanol–water partition coefficient (Wildman–Crippen LogP) is 5.61. The van der Waals surface area contributed by atoms with Crippen molar-refractivity contribution >= 4 is 34.4 Å². The molecule has 0 saturated carbocycles. The number of fused-ring (bicyclic) bond motifs is 1. The van der Waals surface area contributed by atoms with Crippen LogP contribution in [0.5, 0.6) is 0 Å². The lowest BCUT2D eigenvalue weighted by atomic mass is 9.99. The molecule has 9 nitrogen and oxygen atoms in total. The molecule has 1 aromatic heterocycles. The van der Waals surface area contributed by atoms with Crippen molar-refractivity contribution in [1.82, 2.24) is 19.7 Å². The predicted molar refractivity (Wildman–Crippen MR) is 171 cm³/mol. The molecule has 1 atom stereocenters. The molecule has 236 valence electrons. The van der Waals surface area contributed by atoms with Crippen molar-refractivity contribution in [1.29, 1.82) is 0 Å². The van der Waals surface area contributed by atoms with Crippen LogP contribution in [0.15, 0.2) is 48.0 Å². The highest BCUT2D eigenvalue weighted by atomic mass is 32.1. The Hall–Kier alpha value is -4.27. The quantitative estimate of drug-likeness (QED) is 0.269. The van der Waals surface area contributed by atoms with Crippen LogP contribution in [0.1, 0.15) is 72.3 Å². The number of carbonyl (C=O) groups excluding carboxylic acids is 3. The first-order valence-corrected chi connectivity index (χ1v) is 16.0. The minimum absolute atomic E-state index is 0.199. The molecule has 2 aliphatic heterocycles. The third kappa shape index (κ3) is 7.88. The number of unbranched alkanes of at least 4 members (excludes halogenated alkanes) is 1. The van der Waals surface area contributed by atoms with Crippen molar-refractivity contribution in [3.8, 4) is 11.8 Å². The number of hydrogen-bond acceptors (Lipinski definition) is 7. The maximum absolute atomic E-state index is 14.4. The van der Waals surface area contributed by atoms with Gasteiger partial charge in [0, 0.05) is 56.3 Å². The van der Waals surface area contributed by atoms with E-state index in [-0.39, 0.29) is 18.5 Å². The molecule has 0 radical (unpaired) electrons. The number of piperazine rings is 1. The van der Waals surface area contributed by atoms with Crippen LogP contribution in [0.25, 0.3) is 0 Å². The highest BCUT2D eigenvalue weighted by Crippen LogP contribution is 2.35. The van der Waals surface area contributed by atoms with Gasteiger partial charge < -0.3 is 14.5 Å². The van der Waals surface area contributed by atoms with E-state index in [1.54, 1.807) is 29.5 Å². The number of ether oxygens (including phenoxy) is 1. The average Bonchev–Trinajstić information content (AvgIpc) is 3.62. The molecule has 2 aliphatic rings. The number of benzene rings is 2. The van der Waals surface area contributed by atoms with Crippen LogP contribution in [0.2, 0.25) is 0 Å². The Kier molecular flexibility index (Phi) is 9.85. The number of nitrogens with one attached hydrogen (secondary N) is 1. The summed E-state index contributed by atoms with van der Waals surface area (Å²) in [6.07, 6.45) is 2.81. The summed E-state index contributed by atoms with van der Waals surface area (Å²) in [4.78, 5) is 49.5. The lowest BCUT2D eigenvalue weighted by Gasteiger charge is -2.35. The molecule has 11 heteroatoms. The van der Waals surface area contributed by atoms with Gasteiger partial charge in [-0.1, -0.05) is 30.0 Å². The van der Waals surface area contributed by atoms with E-state index in [2.05, 4.69) is 27.0 Å². The van der Waals surface area contributed by atoms with Gasteiger partial charge in [-0.15, -0.1) is 11.3 Å². The van der Waals surface area contributed by atoms with Crippen LogP contribution in [0, 0.1) is 24.6 Å². The molecule has 1 saturated heterocycles. The van der Waals surface area contributed by atoms with Gasteiger partial charge >= 0.3 is 6.09 Å². The van der Waals surface area contributed by atoms with Crippen molar-refractivity contribution in [2.75, 3.05) is 38.0 Å². The number of hydrogen-bond donors (Lipinski definition) is 1. The molecule has 0 spiro atoms. The molecule has 3 aromatic rings. The van der Waals surface area contributed by atoms with Crippen molar-refractivity contribution < 1.29 is 23.5 Å². The number of nitrogens with zero attached hydrogens (tertiary/aromatic N) is 4. The second kappa shape index (κ2) is 13.8. The largest absolute Gasteiger partial charge is 0.444 e. The standard InChI is InChI=1S/C34H38FN5O4S/c1-23-12-13-26(35)21-27(23)29(30(41)37-32-36-14-20-45-32)40-22-25-11-8-10-24(28(25)31(40)42)9-6-5-7-15-38-16-18-39(19-17-38)33(43)44-34(2,3)4/h8,10-14,20-21,29H,5,7,15-19,22H2,1-4H3,(H,36,37,41). The number of thiazole rings is 1. The van der Waals surface area contributed by atoms with E-state index in [9.17, 15) is 18.8 Å². The summed E-state index contributed by atoms with van der Waals surface area (Å²) >= 11 is 1.27. The van der Waals surface area contributed by atoms with Crippen LogP contribution >= 0.6 is 11.3 Å². The lowest BCUT2D eigenvalue weighted by molar-refractivity contribution is -0.120. The van der Waals surface area contributed by atoms with Crippen molar-refractivity contribution in [3.05, 3.63) is 81.6 Å². The normalized spacial score (nSPS) is 15.7. The molecule has 0 bridgehead atoms. The molecule has 5 rings (SSSR count). The number of halogens is 1. The smallest absolute Gasteiger partial charge is 0.410 e. The van der Waals surface area contributed by atoms with E-state index < -0.39 is 23.4 Å². The molecule has 45 heavy (non-hydrogen) atoms. The van der Waals surface area contributed by atoms with E-state index in [1.807, 2.05) is 39.0 Å². The molecule has 1 unspecified atom stereocenters. The summed E-state index contributed by atoms with van der Waals surface area (Å²) in [6, 6.07) is 8.76. The number of anilines is 1. The lowest BCUT2D eigenvalue weighted by Crippen LogP contribution is -2.50. The van der Waals surface area contributed by atoms with E-state index in [0.29, 0.717) is 46.9 Å². The molecule has 3 heterocycles.